The second-order valence-corrected chi connectivity index (χ2v) is 4.33. The van der Waals surface area contributed by atoms with E-state index in [1.165, 1.54) is 6.92 Å². The molecule has 0 N–H and O–H groups in total. The number of hydrogen-bond donors (Lipinski definition) is 0. The summed E-state index contributed by atoms with van der Waals surface area (Å²) in [6.07, 6.45) is 1.75. The molecular formula is C11H11BrN2O2. The zero-order chi connectivity index (χ0) is 11.5. The van der Waals surface area contributed by atoms with Crippen molar-refractivity contribution < 1.29 is 9.53 Å². The predicted molar refractivity (Wildman–Crippen MR) is 64.1 cm³/mol. The normalized spacial score (nSPS) is 10.6. The molecule has 84 valence electrons. The molecule has 0 saturated carbocycles. The molecule has 0 saturated heterocycles. The average Bonchev–Trinajstić information content (AvgIpc) is 2.60. The van der Waals surface area contributed by atoms with E-state index < -0.39 is 0 Å². The molecule has 0 radical (unpaired) electrons. The molecule has 1 heterocycles. The van der Waals surface area contributed by atoms with Gasteiger partial charge < -0.3 is 9.30 Å². The third kappa shape index (κ3) is 2.41. The number of carbonyl (C=O) groups is 1. The number of halogens is 1. The zero-order valence-electron chi connectivity index (χ0n) is 8.81. The molecule has 1 aromatic heterocycles. The molecule has 2 rings (SSSR count). The Balaban J connectivity index is 2.17. The predicted octanol–water partition coefficient (Wildman–Crippen LogP) is 2.36. The highest BCUT2D eigenvalue weighted by atomic mass is 79.9. The van der Waals surface area contributed by atoms with Crippen LogP contribution in [0.3, 0.4) is 0 Å². The average molecular weight is 283 g/mol. The maximum Gasteiger partial charge on any atom is 0.302 e. The molecular weight excluding hydrogens is 272 g/mol. The van der Waals surface area contributed by atoms with Crippen molar-refractivity contribution in [1.29, 1.82) is 0 Å². The number of rotatable bonds is 3. The lowest BCUT2D eigenvalue weighted by atomic mass is 10.3. The van der Waals surface area contributed by atoms with Gasteiger partial charge in [0, 0.05) is 11.4 Å². The quantitative estimate of drug-likeness (QED) is 0.812. The van der Waals surface area contributed by atoms with Crippen LogP contribution < -0.4 is 0 Å². The fourth-order valence-corrected chi connectivity index (χ4v) is 1.84. The van der Waals surface area contributed by atoms with Gasteiger partial charge in [0.15, 0.2) is 0 Å². The topological polar surface area (TPSA) is 44.1 Å². The first-order chi connectivity index (χ1) is 7.66. The van der Waals surface area contributed by atoms with Crippen LogP contribution in [0.1, 0.15) is 6.92 Å². The van der Waals surface area contributed by atoms with Crippen molar-refractivity contribution in [1.82, 2.24) is 9.55 Å². The molecule has 0 amide bonds. The Labute approximate surface area is 101 Å². The van der Waals surface area contributed by atoms with Gasteiger partial charge in [-0.05, 0) is 18.2 Å². The molecule has 0 atom stereocenters. The molecule has 0 bridgehead atoms. The summed E-state index contributed by atoms with van der Waals surface area (Å²) >= 11 is 3.42. The Hall–Kier alpha value is -1.36. The number of ether oxygens (including phenoxy) is 1. The SMILES string of the molecule is CC(=O)OCCn1cnc2ccc(Br)cc21. The largest absolute Gasteiger partial charge is 0.464 e. The second kappa shape index (κ2) is 4.65. The van der Waals surface area contributed by atoms with Crippen LogP contribution in [0.4, 0.5) is 0 Å². The Morgan fingerprint density at radius 2 is 2.38 bits per heavy atom. The van der Waals surface area contributed by atoms with Crippen molar-refractivity contribution >= 4 is 32.9 Å². The van der Waals surface area contributed by atoms with Crippen LogP contribution in [0.15, 0.2) is 29.0 Å². The summed E-state index contributed by atoms with van der Waals surface area (Å²) in [4.78, 5) is 14.9. The number of carbonyl (C=O) groups excluding carboxylic acids is 1. The lowest BCUT2D eigenvalue weighted by Crippen LogP contribution is -2.07. The number of imidazole rings is 1. The van der Waals surface area contributed by atoms with Crippen LogP contribution in [0.2, 0.25) is 0 Å². The number of hydrogen-bond acceptors (Lipinski definition) is 3. The molecule has 4 nitrogen and oxygen atoms in total. The minimum absolute atomic E-state index is 0.259. The highest BCUT2D eigenvalue weighted by Gasteiger charge is 2.03. The first-order valence-corrected chi connectivity index (χ1v) is 5.70. The summed E-state index contributed by atoms with van der Waals surface area (Å²) < 4.78 is 7.86. The van der Waals surface area contributed by atoms with Crippen LogP contribution >= 0.6 is 15.9 Å². The van der Waals surface area contributed by atoms with Crippen LogP contribution in [0, 0.1) is 0 Å². The maximum absolute atomic E-state index is 10.6. The Morgan fingerprint density at radius 3 is 3.12 bits per heavy atom. The van der Waals surface area contributed by atoms with E-state index >= 15 is 0 Å². The summed E-state index contributed by atoms with van der Waals surface area (Å²) in [5, 5.41) is 0. The van der Waals surface area contributed by atoms with Crippen LogP contribution in [-0.2, 0) is 16.1 Å². The molecule has 2 aromatic rings. The van der Waals surface area contributed by atoms with E-state index in [1.54, 1.807) is 6.33 Å². The summed E-state index contributed by atoms with van der Waals surface area (Å²) in [5.74, 6) is -0.259. The van der Waals surface area contributed by atoms with Crippen LogP contribution in [-0.4, -0.2) is 22.1 Å². The second-order valence-electron chi connectivity index (χ2n) is 3.41. The lowest BCUT2D eigenvalue weighted by molar-refractivity contribution is -0.141. The number of fused-ring (bicyclic) bond motifs is 1. The van der Waals surface area contributed by atoms with Crippen molar-refractivity contribution in [2.24, 2.45) is 0 Å². The Bertz CT molecular complexity index is 522. The number of aromatic nitrogens is 2. The summed E-state index contributed by atoms with van der Waals surface area (Å²) in [7, 11) is 0. The zero-order valence-corrected chi connectivity index (χ0v) is 10.4. The molecule has 1 aromatic carbocycles. The number of nitrogens with zero attached hydrogens (tertiary/aromatic N) is 2. The van der Waals surface area contributed by atoms with E-state index in [9.17, 15) is 4.79 Å². The summed E-state index contributed by atoms with van der Waals surface area (Å²) in [5.41, 5.74) is 1.97. The van der Waals surface area contributed by atoms with Gasteiger partial charge in [-0.3, -0.25) is 4.79 Å². The molecule has 5 heteroatoms. The van der Waals surface area contributed by atoms with Gasteiger partial charge >= 0.3 is 5.97 Å². The van der Waals surface area contributed by atoms with Gasteiger partial charge in [0.1, 0.15) is 6.61 Å². The first-order valence-electron chi connectivity index (χ1n) is 4.90. The molecule has 0 fully saturated rings. The van der Waals surface area contributed by atoms with Crippen molar-refractivity contribution in [3.05, 3.63) is 29.0 Å². The molecule has 0 unspecified atom stereocenters. The van der Waals surface area contributed by atoms with Crippen molar-refractivity contribution in [3.63, 3.8) is 0 Å². The third-order valence-corrected chi connectivity index (χ3v) is 2.71. The molecule has 16 heavy (non-hydrogen) atoms. The molecule has 0 spiro atoms. The minimum atomic E-state index is -0.259. The maximum atomic E-state index is 10.6. The highest BCUT2D eigenvalue weighted by molar-refractivity contribution is 9.10. The Morgan fingerprint density at radius 1 is 1.56 bits per heavy atom. The van der Waals surface area contributed by atoms with Gasteiger partial charge in [0.25, 0.3) is 0 Å². The van der Waals surface area contributed by atoms with Crippen LogP contribution in [0.25, 0.3) is 11.0 Å². The monoisotopic (exact) mass is 282 g/mol. The third-order valence-electron chi connectivity index (χ3n) is 2.22. The van der Waals surface area contributed by atoms with Crippen molar-refractivity contribution in [3.8, 4) is 0 Å². The molecule has 0 aliphatic heterocycles. The van der Waals surface area contributed by atoms with E-state index in [4.69, 9.17) is 4.74 Å². The number of benzene rings is 1. The fraction of sp³-hybridized carbons (Fsp3) is 0.273. The fourth-order valence-electron chi connectivity index (χ4n) is 1.50. The van der Waals surface area contributed by atoms with Gasteiger partial charge in [-0.25, -0.2) is 4.98 Å². The van der Waals surface area contributed by atoms with E-state index in [-0.39, 0.29) is 5.97 Å². The van der Waals surface area contributed by atoms with E-state index in [2.05, 4.69) is 20.9 Å². The van der Waals surface area contributed by atoms with Gasteiger partial charge in [-0.2, -0.15) is 0 Å². The van der Waals surface area contributed by atoms with Gasteiger partial charge in [0.05, 0.1) is 23.9 Å². The lowest BCUT2D eigenvalue weighted by Gasteiger charge is -2.04. The van der Waals surface area contributed by atoms with E-state index in [0.29, 0.717) is 13.2 Å². The number of esters is 1. The minimum Gasteiger partial charge on any atom is -0.464 e. The smallest absolute Gasteiger partial charge is 0.302 e. The van der Waals surface area contributed by atoms with Gasteiger partial charge in [-0.1, -0.05) is 15.9 Å². The van der Waals surface area contributed by atoms with Crippen LogP contribution in [0.5, 0.6) is 0 Å². The first kappa shape index (κ1) is 11.1. The van der Waals surface area contributed by atoms with E-state index in [1.807, 2.05) is 22.8 Å². The van der Waals surface area contributed by atoms with Crippen molar-refractivity contribution in [2.75, 3.05) is 6.61 Å². The summed E-state index contributed by atoms with van der Waals surface area (Å²) in [6, 6.07) is 5.89. The van der Waals surface area contributed by atoms with Gasteiger partial charge in [0.2, 0.25) is 0 Å². The summed E-state index contributed by atoms with van der Waals surface area (Å²) in [6.45, 7) is 2.39. The standard InChI is InChI=1S/C11H11BrN2O2/c1-8(15)16-5-4-14-7-13-10-3-2-9(12)6-11(10)14/h2-3,6-7H,4-5H2,1H3. The highest BCUT2D eigenvalue weighted by Crippen LogP contribution is 2.18. The van der Waals surface area contributed by atoms with Gasteiger partial charge in [-0.15, -0.1) is 0 Å². The molecule has 0 aliphatic carbocycles. The van der Waals surface area contributed by atoms with Crippen molar-refractivity contribution in [2.45, 2.75) is 13.5 Å². The van der Waals surface area contributed by atoms with E-state index in [0.717, 1.165) is 15.5 Å². The molecule has 0 aliphatic rings. The Kier molecular flexibility index (Phi) is 3.24.